The Morgan fingerprint density at radius 1 is 1.15 bits per heavy atom. The first-order valence-corrected chi connectivity index (χ1v) is 9.94. The van der Waals surface area contributed by atoms with Gasteiger partial charge < -0.3 is 15.5 Å². The van der Waals surface area contributed by atoms with Gasteiger partial charge in [0.2, 0.25) is 17.7 Å². The molecular formula is C21H29N3O3. The maximum absolute atomic E-state index is 12.8. The van der Waals surface area contributed by atoms with Crippen LogP contribution in [0.5, 0.6) is 0 Å². The Morgan fingerprint density at radius 3 is 2.44 bits per heavy atom. The van der Waals surface area contributed by atoms with Gasteiger partial charge in [-0.15, -0.1) is 0 Å². The molecule has 1 aromatic carbocycles. The Kier molecular flexibility index (Phi) is 6.48. The molecule has 3 rings (SSSR count). The molecule has 3 atom stereocenters. The summed E-state index contributed by atoms with van der Waals surface area (Å²) in [5.74, 6) is 0.375. The molecule has 27 heavy (non-hydrogen) atoms. The van der Waals surface area contributed by atoms with E-state index in [0.717, 1.165) is 37.9 Å². The minimum Gasteiger partial charge on any atom is -0.355 e. The molecule has 2 N–H and O–H groups in total. The maximum Gasteiger partial charge on any atom is 0.245 e. The van der Waals surface area contributed by atoms with Crippen LogP contribution in [0, 0.1) is 11.8 Å². The fourth-order valence-electron chi connectivity index (χ4n) is 3.59. The third kappa shape index (κ3) is 5.55. The number of hydrogen-bond acceptors (Lipinski definition) is 3. The molecule has 1 aliphatic heterocycles. The summed E-state index contributed by atoms with van der Waals surface area (Å²) in [4.78, 5) is 38.9. The highest BCUT2D eigenvalue weighted by Gasteiger charge is 2.38. The molecule has 0 unspecified atom stereocenters. The van der Waals surface area contributed by atoms with Crippen molar-refractivity contribution < 1.29 is 14.4 Å². The Balaban J connectivity index is 1.52. The number of carbonyl (C=O) groups excluding carboxylic acids is 3. The highest BCUT2D eigenvalue weighted by Crippen LogP contribution is 2.37. The normalized spacial score (nSPS) is 22.2. The second kappa shape index (κ2) is 9.02. The topological polar surface area (TPSA) is 78.5 Å². The van der Waals surface area contributed by atoms with Crippen LogP contribution in [-0.4, -0.2) is 48.3 Å². The van der Waals surface area contributed by atoms with Crippen LogP contribution in [0.25, 0.3) is 0 Å². The number of hydrogen-bond donors (Lipinski definition) is 2. The fraction of sp³-hybridized carbons (Fsp3) is 0.571. The standard InChI is InChI=1S/C21H29N3O3/c1-15-13-17(15)20(26)22-10-9-19(25)23-18(14-16-7-3-2-4-8-16)21(27)24-11-5-6-12-24/h2-4,7-8,15,17-18H,5-6,9-14H2,1H3,(H,22,26)(H,23,25)/t15-,17-,18-/m1/s1. The second-order valence-electron chi connectivity index (χ2n) is 7.70. The average Bonchev–Trinajstić information content (AvgIpc) is 3.16. The summed E-state index contributed by atoms with van der Waals surface area (Å²) in [5.41, 5.74) is 1.02. The lowest BCUT2D eigenvalue weighted by Crippen LogP contribution is -2.49. The lowest BCUT2D eigenvalue weighted by atomic mass is 10.0. The lowest BCUT2D eigenvalue weighted by molar-refractivity contribution is -0.135. The zero-order valence-electron chi connectivity index (χ0n) is 15.9. The van der Waals surface area contributed by atoms with Gasteiger partial charge >= 0.3 is 0 Å². The van der Waals surface area contributed by atoms with Crippen LogP contribution in [0.3, 0.4) is 0 Å². The number of amides is 3. The molecular weight excluding hydrogens is 342 g/mol. The molecule has 0 radical (unpaired) electrons. The average molecular weight is 371 g/mol. The first-order valence-electron chi connectivity index (χ1n) is 9.94. The fourth-order valence-corrected chi connectivity index (χ4v) is 3.59. The van der Waals surface area contributed by atoms with Crippen molar-refractivity contribution in [3.8, 4) is 0 Å². The van der Waals surface area contributed by atoms with E-state index in [1.54, 1.807) is 0 Å². The Bertz CT molecular complexity index is 671. The maximum atomic E-state index is 12.8. The Labute approximate surface area is 160 Å². The number of rotatable bonds is 8. The predicted octanol–water partition coefficient (Wildman–Crippen LogP) is 1.50. The van der Waals surface area contributed by atoms with Crippen molar-refractivity contribution in [2.24, 2.45) is 11.8 Å². The van der Waals surface area contributed by atoms with E-state index in [1.165, 1.54) is 0 Å². The monoisotopic (exact) mass is 371 g/mol. The SMILES string of the molecule is C[C@@H]1C[C@H]1C(=O)NCCC(=O)N[C@H](Cc1ccccc1)C(=O)N1CCCC1. The largest absolute Gasteiger partial charge is 0.355 e. The molecule has 0 spiro atoms. The van der Waals surface area contributed by atoms with Crippen molar-refractivity contribution in [2.45, 2.75) is 45.1 Å². The van der Waals surface area contributed by atoms with E-state index in [9.17, 15) is 14.4 Å². The minimum atomic E-state index is -0.558. The second-order valence-corrected chi connectivity index (χ2v) is 7.70. The molecule has 6 heteroatoms. The molecule has 1 aromatic rings. The quantitative estimate of drug-likeness (QED) is 0.727. The van der Waals surface area contributed by atoms with Crippen molar-refractivity contribution in [3.63, 3.8) is 0 Å². The van der Waals surface area contributed by atoms with E-state index in [0.29, 0.717) is 18.9 Å². The van der Waals surface area contributed by atoms with Crippen LogP contribution in [0.2, 0.25) is 0 Å². The molecule has 6 nitrogen and oxygen atoms in total. The summed E-state index contributed by atoms with van der Waals surface area (Å²) in [6, 6.07) is 9.17. The van der Waals surface area contributed by atoms with Gasteiger partial charge in [0.05, 0.1) is 0 Å². The number of carbonyl (C=O) groups is 3. The molecule has 1 saturated heterocycles. The van der Waals surface area contributed by atoms with Gasteiger partial charge in [-0.05, 0) is 30.7 Å². The Morgan fingerprint density at radius 2 is 1.81 bits per heavy atom. The lowest BCUT2D eigenvalue weighted by Gasteiger charge is -2.24. The summed E-state index contributed by atoms with van der Waals surface area (Å²) >= 11 is 0. The summed E-state index contributed by atoms with van der Waals surface area (Å²) in [6.07, 6.45) is 3.63. The Hall–Kier alpha value is -2.37. The van der Waals surface area contributed by atoms with E-state index < -0.39 is 6.04 Å². The molecule has 2 fully saturated rings. The number of benzene rings is 1. The third-order valence-electron chi connectivity index (χ3n) is 5.43. The summed E-state index contributed by atoms with van der Waals surface area (Å²) in [7, 11) is 0. The van der Waals surface area contributed by atoms with Crippen molar-refractivity contribution in [1.29, 1.82) is 0 Å². The van der Waals surface area contributed by atoms with E-state index >= 15 is 0 Å². The smallest absolute Gasteiger partial charge is 0.245 e. The van der Waals surface area contributed by atoms with Gasteiger partial charge in [0, 0.05) is 38.4 Å². The first-order chi connectivity index (χ1) is 13.0. The molecule has 3 amide bonds. The van der Waals surface area contributed by atoms with Gasteiger partial charge in [0.1, 0.15) is 6.04 Å². The van der Waals surface area contributed by atoms with E-state index in [4.69, 9.17) is 0 Å². The van der Waals surface area contributed by atoms with E-state index in [1.807, 2.05) is 35.2 Å². The highest BCUT2D eigenvalue weighted by atomic mass is 16.2. The van der Waals surface area contributed by atoms with Gasteiger partial charge in [-0.1, -0.05) is 37.3 Å². The minimum absolute atomic E-state index is 0.0134. The summed E-state index contributed by atoms with van der Waals surface area (Å²) < 4.78 is 0. The number of nitrogens with one attached hydrogen (secondary N) is 2. The van der Waals surface area contributed by atoms with Crippen molar-refractivity contribution in [2.75, 3.05) is 19.6 Å². The predicted molar refractivity (Wildman–Crippen MR) is 103 cm³/mol. The molecule has 2 aliphatic rings. The van der Waals surface area contributed by atoms with Crippen LogP contribution in [-0.2, 0) is 20.8 Å². The first kappa shape index (κ1) is 19.4. The number of likely N-dealkylation sites (tertiary alicyclic amines) is 1. The number of nitrogens with zero attached hydrogens (tertiary/aromatic N) is 1. The van der Waals surface area contributed by atoms with Gasteiger partial charge in [-0.2, -0.15) is 0 Å². The summed E-state index contributed by atoms with van der Waals surface area (Å²) in [5, 5.41) is 5.71. The van der Waals surface area contributed by atoms with Crippen LogP contribution in [0.4, 0.5) is 0 Å². The zero-order valence-corrected chi connectivity index (χ0v) is 15.9. The van der Waals surface area contributed by atoms with Crippen molar-refractivity contribution in [3.05, 3.63) is 35.9 Å². The molecule has 0 aromatic heterocycles. The van der Waals surface area contributed by atoms with Crippen molar-refractivity contribution in [1.82, 2.24) is 15.5 Å². The highest BCUT2D eigenvalue weighted by molar-refractivity contribution is 5.88. The van der Waals surface area contributed by atoms with Gasteiger partial charge in [-0.25, -0.2) is 0 Å². The molecule has 146 valence electrons. The van der Waals surface area contributed by atoms with Crippen LogP contribution >= 0.6 is 0 Å². The van der Waals surface area contributed by atoms with Crippen LogP contribution < -0.4 is 10.6 Å². The van der Waals surface area contributed by atoms with E-state index in [2.05, 4.69) is 17.6 Å². The molecule has 1 heterocycles. The third-order valence-corrected chi connectivity index (χ3v) is 5.43. The molecule has 0 bridgehead atoms. The van der Waals surface area contributed by atoms with Crippen molar-refractivity contribution >= 4 is 17.7 Å². The molecule has 1 aliphatic carbocycles. The van der Waals surface area contributed by atoms with E-state index in [-0.39, 0.29) is 30.1 Å². The zero-order chi connectivity index (χ0) is 19.2. The van der Waals surface area contributed by atoms with Gasteiger partial charge in [0.15, 0.2) is 0 Å². The van der Waals surface area contributed by atoms with Crippen LogP contribution in [0.15, 0.2) is 30.3 Å². The molecule has 1 saturated carbocycles. The summed E-state index contributed by atoms with van der Waals surface area (Å²) in [6.45, 7) is 3.88. The van der Waals surface area contributed by atoms with Gasteiger partial charge in [-0.3, -0.25) is 14.4 Å². The van der Waals surface area contributed by atoms with Crippen LogP contribution in [0.1, 0.15) is 38.2 Å². The van der Waals surface area contributed by atoms with Gasteiger partial charge in [0.25, 0.3) is 0 Å².